The Balaban J connectivity index is 1.26. The standard InChI is InChI=1S/C20H21N3O5/c1-23-15-7-6-13(10-18(15)27-12-19(23)24)22-20(25)21-9-8-14-11-26-16-4-2-3-5-17(16)28-14/h2-7,10,14H,8-9,11-12H2,1H3,(H2,21,22,25)/t14-/m1/s1. The minimum Gasteiger partial charge on any atom is -0.486 e. The average molecular weight is 383 g/mol. The maximum Gasteiger partial charge on any atom is 0.319 e. The van der Waals surface area contributed by atoms with E-state index in [1.54, 1.807) is 25.2 Å². The number of rotatable bonds is 4. The Labute approximate surface area is 162 Å². The van der Waals surface area contributed by atoms with Crippen LogP contribution in [0, 0.1) is 0 Å². The highest BCUT2D eigenvalue weighted by molar-refractivity contribution is 5.98. The molecule has 0 bridgehead atoms. The first-order chi connectivity index (χ1) is 13.6. The van der Waals surface area contributed by atoms with Gasteiger partial charge in [0.2, 0.25) is 0 Å². The Morgan fingerprint density at radius 1 is 1.14 bits per heavy atom. The molecule has 8 nitrogen and oxygen atoms in total. The van der Waals surface area contributed by atoms with Gasteiger partial charge in [0.1, 0.15) is 18.5 Å². The molecule has 1 atom stereocenters. The van der Waals surface area contributed by atoms with Crippen LogP contribution >= 0.6 is 0 Å². The van der Waals surface area contributed by atoms with Crippen LogP contribution in [0.2, 0.25) is 0 Å². The summed E-state index contributed by atoms with van der Waals surface area (Å²) in [5.74, 6) is 1.92. The number of para-hydroxylation sites is 2. The Hall–Kier alpha value is -3.42. The fourth-order valence-electron chi connectivity index (χ4n) is 3.08. The van der Waals surface area contributed by atoms with Crippen molar-refractivity contribution < 1.29 is 23.8 Å². The van der Waals surface area contributed by atoms with Crippen molar-refractivity contribution in [1.82, 2.24) is 5.32 Å². The van der Waals surface area contributed by atoms with Crippen molar-refractivity contribution in [2.24, 2.45) is 0 Å². The second-order valence-corrected chi connectivity index (χ2v) is 6.59. The van der Waals surface area contributed by atoms with Crippen molar-refractivity contribution in [3.63, 3.8) is 0 Å². The van der Waals surface area contributed by atoms with Crippen LogP contribution in [0.1, 0.15) is 6.42 Å². The minimum atomic E-state index is -0.322. The summed E-state index contributed by atoms with van der Waals surface area (Å²) in [7, 11) is 1.69. The maximum atomic E-state index is 12.1. The highest BCUT2D eigenvalue weighted by Crippen LogP contribution is 2.33. The molecule has 2 aromatic carbocycles. The number of benzene rings is 2. The van der Waals surface area contributed by atoms with Crippen LogP contribution in [0.3, 0.4) is 0 Å². The van der Waals surface area contributed by atoms with Gasteiger partial charge >= 0.3 is 6.03 Å². The van der Waals surface area contributed by atoms with E-state index in [0.717, 1.165) is 11.5 Å². The van der Waals surface area contributed by atoms with Crippen molar-refractivity contribution in [3.8, 4) is 17.2 Å². The summed E-state index contributed by atoms with van der Waals surface area (Å²) in [6, 6.07) is 12.4. The largest absolute Gasteiger partial charge is 0.486 e. The number of carbonyl (C=O) groups is 2. The number of amides is 3. The molecule has 0 saturated heterocycles. The monoisotopic (exact) mass is 383 g/mol. The molecular weight excluding hydrogens is 362 g/mol. The first-order valence-electron chi connectivity index (χ1n) is 9.07. The summed E-state index contributed by atoms with van der Waals surface area (Å²) < 4.78 is 17.0. The summed E-state index contributed by atoms with van der Waals surface area (Å²) >= 11 is 0. The van der Waals surface area contributed by atoms with Crippen LogP contribution in [0.15, 0.2) is 42.5 Å². The lowest BCUT2D eigenvalue weighted by molar-refractivity contribution is -0.120. The molecule has 2 aromatic rings. The molecule has 2 aliphatic rings. The minimum absolute atomic E-state index is 0.00820. The molecule has 2 aliphatic heterocycles. The number of anilines is 2. The Morgan fingerprint density at radius 3 is 2.82 bits per heavy atom. The third-order valence-electron chi connectivity index (χ3n) is 4.62. The number of carbonyl (C=O) groups excluding carboxylic acids is 2. The van der Waals surface area contributed by atoms with E-state index in [2.05, 4.69) is 10.6 Å². The number of ether oxygens (including phenoxy) is 3. The Morgan fingerprint density at radius 2 is 1.96 bits per heavy atom. The molecule has 0 fully saturated rings. The van der Waals surface area contributed by atoms with E-state index in [1.165, 1.54) is 4.90 Å². The van der Waals surface area contributed by atoms with E-state index in [4.69, 9.17) is 14.2 Å². The molecule has 4 rings (SSSR count). The molecule has 0 unspecified atom stereocenters. The molecule has 0 radical (unpaired) electrons. The number of nitrogens with zero attached hydrogens (tertiary/aromatic N) is 1. The third-order valence-corrected chi connectivity index (χ3v) is 4.62. The number of nitrogens with one attached hydrogen (secondary N) is 2. The Kier molecular flexibility index (Phi) is 4.92. The predicted molar refractivity (Wildman–Crippen MR) is 103 cm³/mol. The molecule has 0 aliphatic carbocycles. The van der Waals surface area contributed by atoms with Crippen LogP contribution in [-0.2, 0) is 4.79 Å². The van der Waals surface area contributed by atoms with Crippen LogP contribution in [0.25, 0.3) is 0 Å². The molecule has 0 aromatic heterocycles. The predicted octanol–water partition coefficient (Wildman–Crippen LogP) is 2.39. The molecule has 8 heteroatoms. The van der Waals surface area contributed by atoms with E-state index < -0.39 is 0 Å². The van der Waals surface area contributed by atoms with Gasteiger partial charge in [-0.25, -0.2) is 4.79 Å². The zero-order chi connectivity index (χ0) is 19.5. The van der Waals surface area contributed by atoms with Gasteiger partial charge < -0.3 is 29.7 Å². The van der Waals surface area contributed by atoms with Crippen molar-refractivity contribution in [1.29, 1.82) is 0 Å². The van der Waals surface area contributed by atoms with E-state index in [0.29, 0.717) is 36.7 Å². The molecule has 0 saturated carbocycles. The first-order valence-corrected chi connectivity index (χ1v) is 9.07. The van der Waals surface area contributed by atoms with Gasteiger partial charge in [-0.15, -0.1) is 0 Å². The zero-order valence-electron chi connectivity index (χ0n) is 15.4. The molecule has 2 heterocycles. The molecular formula is C20H21N3O5. The summed E-state index contributed by atoms with van der Waals surface area (Å²) in [6.07, 6.45) is 0.516. The van der Waals surface area contributed by atoms with Crippen LogP contribution in [-0.4, -0.2) is 44.8 Å². The van der Waals surface area contributed by atoms with Crippen LogP contribution in [0.5, 0.6) is 17.2 Å². The van der Waals surface area contributed by atoms with Crippen molar-refractivity contribution in [3.05, 3.63) is 42.5 Å². The van der Waals surface area contributed by atoms with Crippen molar-refractivity contribution in [2.75, 3.05) is 37.0 Å². The Bertz CT molecular complexity index is 901. The number of urea groups is 1. The second kappa shape index (κ2) is 7.67. The highest BCUT2D eigenvalue weighted by Gasteiger charge is 2.23. The van der Waals surface area contributed by atoms with Gasteiger partial charge in [0.15, 0.2) is 18.1 Å². The maximum absolute atomic E-state index is 12.1. The highest BCUT2D eigenvalue weighted by atomic mass is 16.6. The number of fused-ring (bicyclic) bond motifs is 2. The molecule has 0 spiro atoms. The number of likely N-dealkylation sites (N-methyl/N-ethyl adjacent to an activating group) is 1. The summed E-state index contributed by atoms with van der Waals surface area (Å²) in [6.45, 7) is 0.890. The van der Waals surface area contributed by atoms with Gasteiger partial charge in [-0.3, -0.25) is 4.79 Å². The van der Waals surface area contributed by atoms with Crippen molar-refractivity contribution in [2.45, 2.75) is 12.5 Å². The fourth-order valence-corrected chi connectivity index (χ4v) is 3.08. The lowest BCUT2D eigenvalue weighted by Crippen LogP contribution is -2.36. The van der Waals surface area contributed by atoms with E-state index in [-0.39, 0.29) is 24.6 Å². The van der Waals surface area contributed by atoms with Gasteiger partial charge in [0, 0.05) is 31.8 Å². The summed E-state index contributed by atoms with van der Waals surface area (Å²) in [5, 5.41) is 5.57. The number of hydrogen-bond donors (Lipinski definition) is 2. The molecule has 28 heavy (non-hydrogen) atoms. The van der Waals surface area contributed by atoms with Gasteiger partial charge in [-0.05, 0) is 24.3 Å². The fraction of sp³-hybridized carbons (Fsp3) is 0.300. The van der Waals surface area contributed by atoms with Gasteiger partial charge in [0.05, 0.1) is 5.69 Å². The van der Waals surface area contributed by atoms with E-state index >= 15 is 0 Å². The molecule has 2 N–H and O–H groups in total. The second-order valence-electron chi connectivity index (χ2n) is 6.59. The SMILES string of the molecule is CN1C(=O)COc2cc(NC(=O)NCC[C@@H]3COc4ccccc4O3)ccc21. The normalized spacial score (nSPS) is 17.4. The zero-order valence-corrected chi connectivity index (χ0v) is 15.4. The van der Waals surface area contributed by atoms with E-state index in [9.17, 15) is 9.59 Å². The quantitative estimate of drug-likeness (QED) is 0.846. The summed E-state index contributed by atoms with van der Waals surface area (Å²) in [4.78, 5) is 25.3. The molecule has 146 valence electrons. The van der Waals surface area contributed by atoms with Gasteiger partial charge in [-0.2, -0.15) is 0 Å². The van der Waals surface area contributed by atoms with Crippen LogP contribution in [0.4, 0.5) is 16.2 Å². The topological polar surface area (TPSA) is 89.1 Å². The first kappa shape index (κ1) is 18.0. The third kappa shape index (κ3) is 3.80. The van der Waals surface area contributed by atoms with Gasteiger partial charge in [-0.1, -0.05) is 12.1 Å². The van der Waals surface area contributed by atoms with Gasteiger partial charge in [0.25, 0.3) is 5.91 Å². The number of hydrogen-bond acceptors (Lipinski definition) is 5. The average Bonchev–Trinajstić information content (AvgIpc) is 2.71. The van der Waals surface area contributed by atoms with Crippen LogP contribution < -0.4 is 29.7 Å². The lowest BCUT2D eigenvalue weighted by Gasteiger charge is -2.26. The smallest absolute Gasteiger partial charge is 0.319 e. The van der Waals surface area contributed by atoms with E-state index in [1.807, 2.05) is 24.3 Å². The van der Waals surface area contributed by atoms with Crippen molar-refractivity contribution >= 4 is 23.3 Å². The molecule has 3 amide bonds. The summed E-state index contributed by atoms with van der Waals surface area (Å²) in [5.41, 5.74) is 1.27. The lowest BCUT2D eigenvalue weighted by atomic mass is 10.2.